The highest BCUT2D eigenvalue weighted by molar-refractivity contribution is 6.35. The molecular weight excluding hydrogens is 443 g/mol. The fraction of sp³-hybridized carbons (Fsp3) is 0.462. The largest absolute Gasteiger partial charge is 0.352 e. The first-order valence-corrected chi connectivity index (χ1v) is 12.2. The SMILES string of the molecule is CC[C@H](C(=O)NC1CCCC1)N(Cc1ccc(Cl)cc1Cl)C(=O)CCc1ccc(C)cc1. The zero-order valence-electron chi connectivity index (χ0n) is 18.9. The molecular formula is C26H32Cl2N2O2. The van der Waals surface area contributed by atoms with Gasteiger partial charge in [0.05, 0.1) is 0 Å². The molecule has 0 unspecified atom stereocenters. The molecule has 3 rings (SSSR count). The standard InChI is InChI=1S/C26H32Cl2N2O2/c1-3-24(26(32)29-22-6-4-5-7-22)30(17-20-13-14-21(27)16-23(20)28)25(31)15-12-19-10-8-18(2)9-11-19/h8-11,13-14,16,22,24H,3-7,12,15,17H2,1-2H3,(H,29,32)/t24-/m1/s1. The van der Waals surface area contributed by atoms with Crippen LogP contribution in [0, 0.1) is 6.92 Å². The number of halogens is 2. The molecule has 2 aromatic carbocycles. The van der Waals surface area contributed by atoms with E-state index in [9.17, 15) is 9.59 Å². The molecule has 1 saturated carbocycles. The summed E-state index contributed by atoms with van der Waals surface area (Å²) in [6.45, 7) is 4.27. The Labute approximate surface area is 201 Å². The lowest BCUT2D eigenvalue weighted by atomic mass is 10.0. The third kappa shape index (κ3) is 6.73. The average Bonchev–Trinajstić information content (AvgIpc) is 3.27. The first kappa shape index (κ1) is 24.6. The first-order chi connectivity index (χ1) is 15.4. The average molecular weight is 475 g/mol. The van der Waals surface area contributed by atoms with Gasteiger partial charge in [0.1, 0.15) is 6.04 Å². The number of carbonyl (C=O) groups is 2. The zero-order chi connectivity index (χ0) is 23.1. The Kier molecular flexibility index (Phi) is 9.01. The van der Waals surface area contributed by atoms with E-state index in [1.165, 1.54) is 5.56 Å². The fourth-order valence-electron chi connectivity index (χ4n) is 4.27. The van der Waals surface area contributed by atoms with Crippen LogP contribution in [0.3, 0.4) is 0 Å². The van der Waals surface area contributed by atoms with Gasteiger partial charge in [0.25, 0.3) is 0 Å². The zero-order valence-corrected chi connectivity index (χ0v) is 20.4. The molecule has 4 nitrogen and oxygen atoms in total. The van der Waals surface area contributed by atoms with Crippen molar-refractivity contribution >= 4 is 35.0 Å². The summed E-state index contributed by atoms with van der Waals surface area (Å²) in [5, 5.41) is 4.21. The number of benzene rings is 2. The van der Waals surface area contributed by atoms with Gasteiger partial charge >= 0.3 is 0 Å². The van der Waals surface area contributed by atoms with E-state index in [0.717, 1.165) is 36.8 Å². The lowest BCUT2D eigenvalue weighted by Gasteiger charge is -2.32. The maximum Gasteiger partial charge on any atom is 0.243 e. The Morgan fingerprint density at radius 1 is 1.09 bits per heavy atom. The molecule has 2 amide bonds. The Morgan fingerprint density at radius 3 is 2.41 bits per heavy atom. The van der Waals surface area contributed by atoms with Crippen LogP contribution in [0.5, 0.6) is 0 Å². The number of hydrogen-bond acceptors (Lipinski definition) is 2. The van der Waals surface area contributed by atoms with E-state index in [0.29, 0.717) is 29.3 Å². The minimum Gasteiger partial charge on any atom is -0.352 e. The number of rotatable bonds is 9. The number of carbonyl (C=O) groups excluding carboxylic acids is 2. The minimum absolute atomic E-state index is 0.0509. The van der Waals surface area contributed by atoms with E-state index < -0.39 is 6.04 Å². The van der Waals surface area contributed by atoms with Crippen LogP contribution in [0.4, 0.5) is 0 Å². The van der Waals surface area contributed by atoms with Crippen LogP contribution in [-0.2, 0) is 22.6 Å². The van der Waals surface area contributed by atoms with Gasteiger partial charge in [0.2, 0.25) is 11.8 Å². The van der Waals surface area contributed by atoms with Gasteiger partial charge in [-0.3, -0.25) is 9.59 Å². The van der Waals surface area contributed by atoms with Crippen molar-refractivity contribution in [3.63, 3.8) is 0 Å². The van der Waals surface area contributed by atoms with E-state index in [2.05, 4.69) is 17.4 Å². The maximum absolute atomic E-state index is 13.4. The molecule has 2 aromatic rings. The Bertz CT molecular complexity index is 924. The van der Waals surface area contributed by atoms with E-state index >= 15 is 0 Å². The molecule has 0 aromatic heterocycles. The normalized spacial score (nSPS) is 14.9. The fourth-order valence-corrected chi connectivity index (χ4v) is 4.74. The summed E-state index contributed by atoms with van der Waals surface area (Å²) in [5.74, 6) is -0.127. The van der Waals surface area contributed by atoms with E-state index in [-0.39, 0.29) is 24.4 Å². The predicted octanol–water partition coefficient (Wildman–Crippen LogP) is 6.10. The van der Waals surface area contributed by atoms with Crippen LogP contribution in [0.1, 0.15) is 62.1 Å². The molecule has 0 bridgehead atoms. The summed E-state index contributed by atoms with van der Waals surface area (Å²) in [4.78, 5) is 28.2. The Morgan fingerprint density at radius 2 is 1.78 bits per heavy atom. The molecule has 0 heterocycles. The van der Waals surface area contributed by atoms with Crippen molar-refractivity contribution in [2.75, 3.05) is 0 Å². The third-order valence-corrected chi connectivity index (χ3v) is 6.78. The predicted molar refractivity (Wildman–Crippen MR) is 131 cm³/mol. The molecule has 1 atom stereocenters. The molecule has 0 radical (unpaired) electrons. The monoisotopic (exact) mass is 474 g/mol. The third-order valence-electron chi connectivity index (χ3n) is 6.19. The molecule has 0 saturated heterocycles. The molecule has 0 aliphatic heterocycles. The number of amides is 2. The van der Waals surface area contributed by atoms with Crippen molar-refractivity contribution in [3.05, 3.63) is 69.2 Å². The van der Waals surface area contributed by atoms with Crippen molar-refractivity contribution in [3.8, 4) is 0 Å². The van der Waals surface area contributed by atoms with E-state index in [4.69, 9.17) is 23.2 Å². The maximum atomic E-state index is 13.4. The highest BCUT2D eigenvalue weighted by Crippen LogP contribution is 2.25. The number of hydrogen-bond donors (Lipinski definition) is 1. The highest BCUT2D eigenvalue weighted by Gasteiger charge is 2.30. The van der Waals surface area contributed by atoms with Crippen molar-refractivity contribution in [1.29, 1.82) is 0 Å². The van der Waals surface area contributed by atoms with Crippen molar-refractivity contribution in [2.24, 2.45) is 0 Å². The molecule has 32 heavy (non-hydrogen) atoms. The van der Waals surface area contributed by atoms with Crippen LogP contribution >= 0.6 is 23.2 Å². The number of aryl methyl sites for hydroxylation is 2. The Hall–Kier alpha value is -2.04. The molecule has 0 spiro atoms. The van der Waals surface area contributed by atoms with Crippen molar-refractivity contribution < 1.29 is 9.59 Å². The van der Waals surface area contributed by atoms with Gasteiger partial charge in [0, 0.05) is 29.1 Å². The minimum atomic E-state index is -0.534. The van der Waals surface area contributed by atoms with Gasteiger partial charge in [0.15, 0.2) is 0 Å². The molecule has 1 aliphatic carbocycles. The second kappa shape index (κ2) is 11.7. The first-order valence-electron chi connectivity index (χ1n) is 11.5. The second-order valence-corrected chi connectivity index (χ2v) is 9.50. The van der Waals surface area contributed by atoms with Crippen molar-refractivity contribution in [1.82, 2.24) is 10.2 Å². The summed E-state index contributed by atoms with van der Waals surface area (Å²) >= 11 is 12.5. The number of nitrogens with zero attached hydrogens (tertiary/aromatic N) is 1. The van der Waals surface area contributed by atoms with Gasteiger partial charge in [-0.2, -0.15) is 0 Å². The summed E-state index contributed by atoms with van der Waals surface area (Å²) in [5.41, 5.74) is 3.08. The van der Waals surface area contributed by atoms with Gasteiger partial charge in [-0.05, 0) is 55.9 Å². The van der Waals surface area contributed by atoms with Crippen LogP contribution in [0.15, 0.2) is 42.5 Å². The van der Waals surface area contributed by atoms with Crippen LogP contribution in [0.25, 0.3) is 0 Å². The van der Waals surface area contributed by atoms with Gasteiger partial charge in [-0.15, -0.1) is 0 Å². The van der Waals surface area contributed by atoms with Crippen LogP contribution < -0.4 is 5.32 Å². The van der Waals surface area contributed by atoms with Crippen LogP contribution in [0.2, 0.25) is 10.0 Å². The van der Waals surface area contributed by atoms with Gasteiger partial charge in [-0.25, -0.2) is 0 Å². The molecule has 6 heteroatoms. The highest BCUT2D eigenvalue weighted by atomic mass is 35.5. The van der Waals surface area contributed by atoms with E-state index in [1.807, 2.05) is 32.0 Å². The van der Waals surface area contributed by atoms with Crippen molar-refractivity contribution in [2.45, 2.75) is 77.4 Å². The molecule has 1 aliphatic rings. The molecule has 1 N–H and O–H groups in total. The summed E-state index contributed by atoms with van der Waals surface area (Å²) < 4.78 is 0. The smallest absolute Gasteiger partial charge is 0.243 e. The summed E-state index contributed by atoms with van der Waals surface area (Å²) in [7, 11) is 0. The number of nitrogens with one attached hydrogen (secondary N) is 1. The van der Waals surface area contributed by atoms with Gasteiger partial charge in [-0.1, -0.05) is 78.9 Å². The second-order valence-electron chi connectivity index (χ2n) is 8.66. The molecule has 1 fully saturated rings. The lowest BCUT2D eigenvalue weighted by Crippen LogP contribution is -2.51. The quantitative estimate of drug-likeness (QED) is 0.477. The topological polar surface area (TPSA) is 49.4 Å². The molecule has 172 valence electrons. The lowest BCUT2D eigenvalue weighted by molar-refractivity contribution is -0.141. The Balaban J connectivity index is 1.78. The summed E-state index contributed by atoms with van der Waals surface area (Å²) in [6, 6.07) is 13.1. The van der Waals surface area contributed by atoms with E-state index in [1.54, 1.807) is 17.0 Å². The van der Waals surface area contributed by atoms with Crippen LogP contribution in [-0.4, -0.2) is 28.8 Å². The summed E-state index contributed by atoms with van der Waals surface area (Å²) in [6.07, 6.45) is 5.80. The van der Waals surface area contributed by atoms with Gasteiger partial charge < -0.3 is 10.2 Å².